The van der Waals surface area contributed by atoms with E-state index in [1.165, 1.54) is 0 Å². The van der Waals surface area contributed by atoms with Crippen molar-refractivity contribution in [3.63, 3.8) is 0 Å². The molecular weight excluding hydrogens is 142 g/mol. The van der Waals surface area contributed by atoms with E-state index in [1.807, 2.05) is 0 Å². The van der Waals surface area contributed by atoms with E-state index >= 15 is 0 Å². The minimum absolute atomic E-state index is 0.153. The Bertz CT molecular complexity index is 191. The first-order valence-electron chi connectivity index (χ1n) is 3.73. The summed E-state index contributed by atoms with van der Waals surface area (Å²) in [6.45, 7) is 5.76. The summed E-state index contributed by atoms with van der Waals surface area (Å²) in [6.07, 6.45) is 2.30. The third-order valence-corrected chi connectivity index (χ3v) is 2.00. The first-order chi connectivity index (χ1) is 5.14. The highest BCUT2D eigenvalue weighted by Gasteiger charge is 2.54. The molecule has 62 valence electrons. The second-order valence-corrected chi connectivity index (χ2v) is 2.83. The Morgan fingerprint density at radius 1 is 2.00 bits per heavy atom. The van der Waals surface area contributed by atoms with E-state index in [4.69, 9.17) is 10.5 Å². The van der Waals surface area contributed by atoms with Gasteiger partial charge in [-0.05, 0) is 13.3 Å². The molecule has 0 amide bonds. The normalized spacial score (nSPS) is 34.5. The van der Waals surface area contributed by atoms with Crippen molar-refractivity contribution in [1.82, 2.24) is 0 Å². The van der Waals surface area contributed by atoms with Gasteiger partial charge >= 0.3 is 5.97 Å². The zero-order chi connectivity index (χ0) is 8.48. The molecule has 2 atom stereocenters. The number of carbonyl (C=O) groups excluding carboxylic acids is 1. The van der Waals surface area contributed by atoms with Crippen LogP contribution in [0.5, 0.6) is 0 Å². The summed E-state index contributed by atoms with van der Waals surface area (Å²) in [5.74, 6) is -0.352. The average molecular weight is 155 g/mol. The molecule has 1 aliphatic rings. The Balaban J connectivity index is 2.42. The molecule has 1 saturated carbocycles. The predicted molar refractivity (Wildman–Crippen MR) is 41.9 cm³/mol. The number of esters is 1. The van der Waals surface area contributed by atoms with Gasteiger partial charge in [0.1, 0.15) is 0 Å². The smallest absolute Gasteiger partial charge is 0.311 e. The third kappa shape index (κ3) is 1.43. The Kier molecular flexibility index (Phi) is 2.00. The van der Waals surface area contributed by atoms with E-state index in [0.29, 0.717) is 13.0 Å². The Morgan fingerprint density at radius 3 is 3.00 bits per heavy atom. The van der Waals surface area contributed by atoms with Crippen LogP contribution >= 0.6 is 0 Å². The fraction of sp³-hybridized carbons (Fsp3) is 0.625. The van der Waals surface area contributed by atoms with Crippen LogP contribution in [0.3, 0.4) is 0 Å². The molecule has 0 saturated heterocycles. The second-order valence-electron chi connectivity index (χ2n) is 2.83. The molecule has 3 heteroatoms. The summed E-state index contributed by atoms with van der Waals surface area (Å²) in [4.78, 5) is 11.0. The van der Waals surface area contributed by atoms with Crippen molar-refractivity contribution in [2.45, 2.75) is 18.9 Å². The van der Waals surface area contributed by atoms with Crippen LogP contribution in [0.15, 0.2) is 12.7 Å². The first-order valence-corrected chi connectivity index (χ1v) is 3.73. The van der Waals surface area contributed by atoms with Crippen molar-refractivity contribution >= 4 is 5.97 Å². The Hall–Kier alpha value is -0.830. The van der Waals surface area contributed by atoms with Crippen LogP contribution < -0.4 is 5.73 Å². The summed E-state index contributed by atoms with van der Waals surface area (Å²) in [7, 11) is 0. The molecule has 0 aromatic heterocycles. The molecule has 0 heterocycles. The van der Waals surface area contributed by atoms with Gasteiger partial charge in [-0.1, -0.05) is 6.08 Å². The van der Waals surface area contributed by atoms with Crippen LogP contribution in [-0.2, 0) is 9.53 Å². The molecule has 11 heavy (non-hydrogen) atoms. The SMILES string of the molecule is C=CC1(N)CC1C(=O)OCC. The molecule has 0 aromatic rings. The van der Waals surface area contributed by atoms with Gasteiger partial charge < -0.3 is 10.5 Å². The number of rotatable bonds is 3. The monoisotopic (exact) mass is 155 g/mol. The van der Waals surface area contributed by atoms with Crippen molar-refractivity contribution in [1.29, 1.82) is 0 Å². The van der Waals surface area contributed by atoms with E-state index in [0.717, 1.165) is 0 Å². The molecule has 2 unspecified atom stereocenters. The van der Waals surface area contributed by atoms with Gasteiger partial charge in [0.05, 0.1) is 12.5 Å². The lowest BCUT2D eigenvalue weighted by Crippen LogP contribution is -2.25. The summed E-state index contributed by atoms with van der Waals surface area (Å²) >= 11 is 0. The van der Waals surface area contributed by atoms with E-state index in [-0.39, 0.29) is 11.9 Å². The number of hydrogen-bond donors (Lipinski definition) is 1. The fourth-order valence-corrected chi connectivity index (χ4v) is 1.07. The third-order valence-electron chi connectivity index (χ3n) is 2.00. The van der Waals surface area contributed by atoms with Crippen molar-refractivity contribution < 1.29 is 9.53 Å². The number of hydrogen-bond acceptors (Lipinski definition) is 3. The lowest BCUT2D eigenvalue weighted by atomic mass is 10.2. The zero-order valence-corrected chi connectivity index (χ0v) is 6.67. The molecule has 0 aliphatic heterocycles. The molecule has 3 nitrogen and oxygen atoms in total. The largest absolute Gasteiger partial charge is 0.466 e. The summed E-state index contributed by atoms with van der Waals surface area (Å²) in [5, 5.41) is 0. The minimum atomic E-state index is -0.480. The van der Waals surface area contributed by atoms with Crippen LogP contribution in [0.1, 0.15) is 13.3 Å². The fourth-order valence-electron chi connectivity index (χ4n) is 1.07. The van der Waals surface area contributed by atoms with Crippen molar-refractivity contribution in [2.24, 2.45) is 11.7 Å². The number of ether oxygens (including phenoxy) is 1. The molecule has 2 N–H and O–H groups in total. The van der Waals surface area contributed by atoms with Crippen LogP contribution in [0.4, 0.5) is 0 Å². The maximum Gasteiger partial charge on any atom is 0.311 e. The maximum absolute atomic E-state index is 11.0. The van der Waals surface area contributed by atoms with Crippen molar-refractivity contribution in [2.75, 3.05) is 6.61 Å². The van der Waals surface area contributed by atoms with E-state index in [2.05, 4.69) is 6.58 Å². The van der Waals surface area contributed by atoms with Gasteiger partial charge in [0.15, 0.2) is 0 Å². The average Bonchev–Trinajstić information content (AvgIpc) is 2.65. The molecular formula is C8H13NO2. The summed E-state index contributed by atoms with van der Waals surface area (Å²) in [5.41, 5.74) is 5.22. The first kappa shape index (κ1) is 8.27. The molecule has 0 spiro atoms. The summed E-state index contributed by atoms with van der Waals surface area (Å²) in [6, 6.07) is 0. The lowest BCUT2D eigenvalue weighted by molar-refractivity contribution is -0.144. The maximum atomic E-state index is 11.0. The Morgan fingerprint density at radius 2 is 2.64 bits per heavy atom. The van der Waals surface area contributed by atoms with Crippen molar-refractivity contribution in [3.05, 3.63) is 12.7 Å². The second kappa shape index (κ2) is 2.66. The highest BCUT2D eigenvalue weighted by Crippen LogP contribution is 2.42. The molecule has 1 rings (SSSR count). The Labute approximate surface area is 66.2 Å². The minimum Gasteiger partial charge on any atom is -0.466 e. The predicted octanol–water partition coefficient (Wildman–Crippen LogP) is 0.453. The molecule has 1 fully saturated rings. The van der Waals surface area contributed by atoms with Crippen molar-refractivity contribution in [3.8, 4) is 0 Å². The van der Waals surface area contributed by atoms with Crippen LogP contribution in [0.25, 0.3) is 0 Å². The van der Waals surface area contributed by atoms with Crippen LogP contribution in [-0.4, -0.2) is 18.1 Å². The van der Waals surface area contributed by atoms with Gasteiger partial charge in [-0.25, -0.2) is 0 Å². The standard InChI is InChI=1S/C8H13NO2/c1-3-8(9)5-6(8)7(10)11-4-2/h3,6H,1,4-5,9H2,2H3. The van der Waals surface area contributed by atoms with Gasteiger partial charge in [0.2, 0.25) is 0 Å². The molecule has 1 aliphatic carbocycles. The van der Waals surface area contributed by atoms with Crippen LogP contribution in [0, 0.1) is 5.92 Å². The number of carbonyl (C=O) groups is 1. The van der Waals surface area contributed by atoms with Gasteiger partial charge in [0, 0.05) is 5.54 Å². The molecule has 0 bridgehead atoms. The van der Waals surface area contributed by atoms with Gasteiger partial charge in [-0.3, -0.25) is 4.79 Å². The topological polar surface area (TPSA) is 52.3 Å². The molecule has 0 radical (unpaired) electrons. The van der Waals surface area contributed by atoms with Gasteiger partial charge in [0.25, 0.3) is 0 Å². The van der Waals surface area contributed by atoms with Gasteiger partial charge in [-0.15, -0.1) is 6.58 Å². The summed E-state index contributed by atoms with van der Waals surface area (Å²) < 4.78 is 4.80. The lowest BCUT2D eigenvalue weighted by Gasteiger charge is -2.03. The van der Waals surface area contributed by atoms with E-state index < -0.39 is 5.54 Å². The van der Waals surface area contributed by atoms with Gasteiger partial charge in [-0.2, -0.15) is 0 Å². The van der Waals surface area contributed by atoms with Crippen LogP contribution in [0.2, 0.25) is 0 Å². The van der Waals surface area contributed by atoms with E-state index in [1.54, 1.807) is 13.0 Å². The number of nitrogens with two attached hydrogens (primary N) is 1. The van der Waals surface area contributed by atoms with E-state index in [9.17, 15) is 4.79 Å². The highest BCUT2D eigenvalue weighted by molar-refractivity contribution is 5.79. The quantitative estimate of drug-likeness (QED) is 0.475. The zero-order valence-electron chi connectivity index (χ0n) is 6.67. The molecule has 0 aromatic carbocycles. The highest BCUT2D eigenvalue weighted by atomic mass is 16.5.